The Kier molecular flexibility index (Phi) is 6.69. The Morgan fingerprint density at radius 1 is 1.11 bits per heavy atom. The summed E-state index contributed by atoms with van der Waals surface area (Å²) in [5, 5.41) is 12.2. The summed E-state index contributed by atoms with van der Waals surface area (Å²) < 4.78 is 62.4. The molecule has 1 N–H and O–H groups in total. The van der Waals surface area contributed by atoms with Crippen LogP contribution < -0.4 is 10.2 Å². The molecular formula is C24H20F3N5O3S. The summed E-state index contributed by atoms with van der Waals surface area (Å²) in [5.41, 5.74) is 1.10. The highest BCUT2D eigenvalue weighted by atomic mass is 32.2. The predicted octanol–water partition coefficient (Wildman–Crippen LogP) is 3.83. The molecular weight excluding hydrogens is 495 g/mol. The van der Waals surface area contributed by atoms with E-state index >= 15 is 0 Å². The van der Waals surface area contributed by atoms with Crippen LogP contribution in [0.5, 0.6) is 0 Å². The van der Waals surface area contributed by atoms with E-state index in [-0.39, 0.29) is 41.4 Å². The van der Waals surface area contributed by atoms with E-state index in [4.69, 9.17) is 0 Å². The predicted molar refractivity (Wildman–Crippen MR) is 127 cm³/mol. The van der Waals surface area contributed by atoms with Crippen LogP contribution in [0.25, 0.3) is 11.1 Å². The average Bonchev–Trinajstić information content (AvgIpc) is 2.84. The van der Waals surface area contributed by atoms with Crippen LogP contribution in [-0.2, 0) is 16.0 Å². The number of hydrogen-bond donors (Lipinski definition) is 1. The molecule has 0 unspecified atom stereocenters. The Hall–Kier alpha value is -3.98. The van der Waals surface area contributed by atoms with Crippen molar-refractivity contribution in [2.75, 3.05) is 34.8 Å². The fourth-order valence-electron chi connectivity index (χ4n) is 3.80. The molecule has 1 aromatic carbocycles. The number of nitrogens with zero attached hydrogens (tertiary/aromatic N) is 4. The molecule has 0 bridgehead atoms. The third-order valence-corrected chi connectivity index (χ3v) is 7.35. The molecule has 0 atom stereocenters. The zero-order chi connectivity index (χ0) is 26.1. The number of hydrogen-bond acceptors (Lipinski definition) is 7. The Morgan fingerprint density at radius 3 is 2.50 bits per heavy atom. The number of nitriles is 1. The number of anilines is 2. The normalized spacial score (nSPS) is 15.2. The van der Waals surface area contributed by atoms with Crippen LogP contribution in [0.2, 0.25) is 0 Å². The summed E-state index contributed by atoms with van der Waals surface area (Å²) in [6, 6.07) is 9.38. The van der Waals surface area contributed by atoms with Crippen molar-refractivity contribution in [2.45, 2.75) is 13.1 Å². The van der Waals surface area contributed by atoms with E-state index in [2.05, 4.69) is 21.4 Å². The first-order valence-corrected chi connectivity index (χ1v) is 12.6. The van der Waals surface area contributed by atoms with Crippen LogP contribution >= 0.6 is 0 Å². The third kappa shape index (κ3) is 5.46. The van der Waals surface area contributed by atoms with Gasteiger partial charge in [0.2, 0.25) is 0 Å². The topological polar surface area (TPSA) is 116 Å². The molecule has 186 valence electrons. The van der Waals surface area contributed by atoms with Crippen molar-refractivity contribution in [3.05, 3.63) is 71.2 Å². The van der Waals surface area contributed by atoms with Crippen LogP contribution in [-0.4, -0.2) is 48.9 Å². The molecule has 1 fully saturated rings. The number of nitrogens with one attached hydrogen (secondary N) is 1. The number of aromatic nitrogens is 2. The van der Waals surface area contributed by atoms with Gasteiger partial charge in [0.05, 0.1) is 34.5 Å². The summed E-state index contributed by atoms with van der Waals surface area (Å²) in [6.07, 6.45) is -1.66. The highest BCUT2D eigenvalue weighted by molar-refractivity contribution is 7.91. The van der Waals surface area contributed by atoms with Gasteiger partial charge in [0, 0.05) is 41.7 Å². The van der Waals surface area contributed by atoms with Crippen molar-refractivity contribution < 1.29 is 26.4 Å². The molecule has 1 saturated heterocycles. The molecule has 3 heterocycles. The number of aryl methyl sites for hydroxylation is 1. The van der Waals surface area contributed by atoms with E-state index in [1.165, 1.54) is 18.5 Å². The minimum atomic E-state index is -4.57. The molecule has 0 aliphatic carbocycles. The number of rotatable bonds is 4. The molecule has 2 aromatic heterocycles. The Morgan fingerprint density at radius 2 is 1.83 bits per heavy atom. The lowest BCUT2D eigenvalue weighted by Crippen LogP contribution is -2.41. The van der Waals surface area contributed by atoms with Crippen LogP contribution in [0.15, 0.2) is 48.8 Å². The van der Waals surface area contributed by atoms with Crippen molar-refractivity contribution >= 4 is 27.2 Å². The van der Waals surface area contributed by atoms with Crippen LogP contribution in [0.3, 0.4) is 0 Å². The van der Waals surface area contributed by atoms with Gasteiger partial charge in [-0.15, -0.1) is 0 Å². The number of alkyl halides is 3. The van der Waals surface area contributed by atoms with E-state index in [9.17, 15) is 31.6 Å². The van der Waals surface area contributed by atoms with Gasteiger partial charge in [-0.1, -0.05) is 6.07 Å². The maximum absolute atomic E-state index is 13.0. The van der Waals surface area contributed by atoms with Crippen molar-refractivity contribution in [2.24, 2.45) is 0 Å². The van der Waals surface area contributed by atoms with Gasteiger partial charge in [-0.2, -0.15) is 18.4 Å². The number of amides is 1. The largest absolute Gasteiger partial charge is 0.416 e. The fourth-order valence-corrected chi connectivity index (χ4v) is 5.00. The number of sulfone groups is 1. The van der Waals surface area contributed by atoms with Gasteiger partial charge in [-0.3, -0.25) is 9.78 Å². The zero-order valence-electron chi connectivity index (χ0n) is 19.0. The highest BCUT2D eigenvalue weighted by Crippen LogP contribution is 2.31. The first-order valence-electron chi connectivity index (χ1n) is 10.8. The van der Waals surface area contributed by atoms with Crippen molar-refractivity contribution in [1.29, 1.82) is 5.26 Å². The molecule has 0 spiro atoms. The van der Waals surface area contributed by atoms with Crippen LogP contribution in [0.4, 0.5) is 24.7 Å². The van der Waals surface area contributed by atoms with E-state index in [1.54, 1.807) is 24.0 Å². The molecule has 36 heavy (non-hydrogen) atoms. The zero-order valence-corrected chi connectivity index (χ0v) is 19.8. The van der Waals surface area contributed by atoms with Crippen molar-refractivity contribution in [1.82, 2.24) is 9.97 Å². The van der Waals surface area contributed by atoms with Gasteiger partial charge in [0.25, 0.3) is 5.91 Å². The number of halogens is 3. The summed E-state index contributed by atoms with van der Waals surface area (Å²) in [6.45, 7) is 2.20. The SMILES string of the molecule is Cc1ncc(NC(=O)c2cccc(C(F)(F)F)c2)cc1-c1cnc(N2CCS(=O)(=O)CC2)c(C#N)c1. The molecule has 4 rings (SSSR count). The van der Waals surface area contributed by atoms with Crippen molar-refractivity contribution in [3.8, 4) is 17.2 Å². The fraction of sp³-hybridized carbons (Fsp3) is 0.250. The lowest BCUT2D eigenvalue weighted by molar-refractivity contribution is -0.137. The second-order valence-corrected chi connectivity index (χ2v) is 10.5. The molecule has 8 nitrogen and oxygen atoms in total. The second-order valence-electron chi connectivity index (χ2n) is 8.24. The molecule has 1 aliphatic rings. The lowest BCUT2D eigenvalue weighted by Gasteiger charge is -2.28. The first-order chi connectivity index (χ1) is 17.0. The minimum absolute atomic E-state index is 0.0159. The van der Waals surface area contributed by atoms with E-state index in [0.29, 0.717) is 22.6 Å². The molecule has 0 radical (unpaired) electrons. The Balaban J connectivity index is 1.59. The minimum Gasteiger partial charge on any atom is -0.353 e. The van der Waals surface area contributed by atoms with Gasteiger partial charge in [0.1, 0.15) is 11.9 Å². The van der Waals surface area contributed by atoms with Crippen molar-refractivity contribution in [3.63, 3.8) is 0 Å². The van der Waals surface area contributed by atoms with E-state index < -0.39 is 27.5 Å². The quantitative estimate of drug-likeness (QED) is 0.561. The average molecular weight is 516 g/mol. The summed E-state index contributed by atoms with van der Waals surface area (Å²) >= 11 is 0. The summed E-state index contributed by atoms with van der Waals surface area (Å²) in [4.78, 5) is 23.0. The smallest absolute Gasteiger partial charge is 0.353 e. The van der Waals surface area contributed by atoms with Crippen LogP contribution in [0.1, 0.15) is 27.2 Å². The third-order valence-electron chi connectivity index (χ3n) is 5.74. The monoisotopic (exact) mass is 515 g/mol. The second kappa shape index (κ2) is 9.58. The highest BCUT2D eigenvalue weighted by Gasteiger charge is 2.31. The number of carbonyl (C=O) groups is 1. The van der Waals surface area contributed by atoms with Gasteiger partial charge < -0.3 is 10.2 Å². The Bertz CT molecular complexity index is 1470. The van der Waals surface area contributed by atoms with Gasteiger partial charge in [-0.05, 0) is 37.3 Å². The van der Waals surface area contributed by atoms with E-state index in [1.807, 2.05) is 0 Å². The number of benzene rings is 1. The molecule has 3 aromatic rings. The molecule has 12 heteroatoms. The molecule has 0 saturated carbocycles. The standard InChI is InChI=1S/C24H20F3N5O3S/c1-15-21(18-9-17(12-28)22(30-13-18)32-5-7-36(34,35)8-6-32)11-20(14-29-15)31-23(33)16-3-2-4-19(10-16)24(25,26)27/h2-4,9-11,13-14H,5-8H2,1H3,(H,31,33). The van der Waals surface area contributed by atoms with Crippen LogP contribution in [0, 0.1) is 18.3 Å². The first kappa shape index (κ1) is 25.1. The molecule has 1 aliphatic heterocycles. The molecule has 1 amide bonds. The van der Waals surface area contributed by atoms with Gasteiger partial charge in [-0.25, -0.2) is 13.4 Å². The lowest BCUT2D eigenvalue weighted by atomic mass is 10.0. The summed E-state index contributed by atoms with van der Waals surface area (Å²) in [5.74, 6) is -0.379. The van der Waals surface area contributed by atoms with Gasteiger partial charge in [0.15, 0.2) is 9.84 Å². The number of pyridine rings is 2. The summed E-state index contributed by atoms with van der Waals surface area (Å²) in [7, 11) is -3.10. The maximum atomic E-state index is 13.0. The van der Waals surface area contributed by atoms with Gasteiger partial charge >= 0.3 is 6.18 Å². The number of carbonyl (C=O) groups excluding carboxylic acids is 1. The van der Waals surface area contributed by atoms with E-state index in [0.717, 1.165) is 18.2 Å². The Labute approximate surface area is 205 Å². The maximum Gasteiger partial charge on any atom is 0.416 e.